The molecule has 0 radical (unpaired) electrons. The lowest BCUT2D eigenvalue weighted by molar-refractivity contribution is 1.05. The summed E-state index contributed by atoms with van der Waals surface area (Å²) in [7, 11) is 1.91. The van der Waals surface area contributed by atoms with E-state index in [4.69, 9.17) is 5.73 Å². The number of benzene rings is 1. The van der Waals surface area contributed by atoms with E-state index in [9.17, 15) is 0 Å². The smallest absolute Gasteiger partial charge is 0.0340 e. The van der Waals surface area contributed by atoms with E-state index in [1.807, 2.05) is 13.1 Å². The molecule has 0 heterocycles. The van der Waals surface area contributed by atoms with Crippen LogP contribution in [0, 0.1) is 6.92 Å². The summed E-state index contributed by atoms with van der Waals surface area (Å²) >= 11 is 0. The third-order valence-corrected chi connectivity index (χ3v) is 1.85. The van der Waals surface area contributed by atoms with E-state index in [1.165, 1.54) is 11.1 Å². The molecule has 0 atom stereocenters. The third kappa shape index (κ3) is 1.71. The first-order valence-corrected chi connectivity index (χ1v) is 3.75. The van der Waals surface area contributed by atoms with Crippen LogP contribution < -0.4 is 11.1 Å². The maximum Gasteiger partial charge on any atom is 0.0340 e. The lowest BCUT2D eigenvalue weighted by Crippen LogP contribution is -1.99. The number of hydrogen-bond donors (Lipinski definition) is 2. The van der Waals surface area contributed by atoms with Gasteiger partial charge in [0, 0.05) is 19.3 Å². The molecule has 3 N–H and O–H groups in total. The lowest BCUT2D eigenvalue weighted by Gasteiger charge is -2.05. The van der Waals surface area contributed by atoms with E-state index in [-0.39, 0.29) is 0 Å². The Bertz CT molecular complexity index is 243. The summed E-state index contributed by atoms with van der Waals surface area (Å²) in [6.45, 7) is 2.69. The maximum absolute atomic E-state index is 5.52. The molecule has 0 spiro atoms. The normalized spacial score (nSPS) is 9.73. The highest BCUT2D eigenvalue weighted by molar-refractivity contribution is 5.47. The number of rotatable bonds is 2. The monoisotopic (exact) mass is 150 g/mol. The second-order valence-electron chi connectivity index (χ2n) is 2.60. The van der Waals surface area contributed by atoms with Gasteiger partial charge in [0.15, 0.2) is 0 Å². The van der Waals surface area contributed by atoms with Crippen LogP contribution >= 0.6 is 0 Å². The van der Waals surface area contributed by atoms with E-state index >= 15 is 0 Å². The van der Waals surface area contributed by atoms with Gasteiger partial charge in [0.05, 0.1) is 0 Å². The fourth-order valence-electron chi connectivity index (χ4n) is 1.08. The van der Waals surface area contributed by atoms with Gasteiger partial charge in [-0.15, -0.1) is 0 Å². The molecule has 0 amide bonds. The van der Waals surface area contributed by atoms with E-state index in [0.29, 0.717) is 6.54 Å². The van der Waals surface area contributed by atoms with Crippen molar-refractivity contribution in [1.82, 2.24) is 0 Å². The molecule has 60 valence electrons. The van der Waals surface area contributed by atoms with Crippen LogP contribution in [-0.2, 0) is 6.54 Å². The predicted molar refractivity (Wildman–Crippen MR) is 48.6 cm³/mol. The Hall–Kier alpha value is -1.02. The zero-order chi connectivity index (χ0) is 8.27. The van der Waals surface area contributed by atoms with Gasteiger partial charge in [-0.05, 0) is 30.2 Å². The molecular weight excluding hydrogens is 136 g/mol. The topological polar surface area (TPSA) is 38.0 Å². The summed E-state index contributed by atoms with van der Waals surface area (Å²) in [6, 6.07) is 6.19. The number of hydrogen-bond acceptors (Lipinski definition) is 2. The molecule has 0 bridgehead atoms. The van der Waals surface area contributed by atoms with Gasteiger partial charge in [-0.2, -0.15) is 0 Å². The van der Waals surface area contributed by atoms with Crippen LogP contribution in [0.2, 0.25) is 0 Å². The second-order valence-corrected chi connectivity index (χ2v) is 2.60. The molecule has 0 fully saturated rings. The summed E-state index contributed by atoms with van der Waals surface area (Å²) in [6.07, 6.45) is 0. The summed E-state index contributed by atoms with van der Waals surface area (Å²) in [4.78, 5) is 0. The number of aryl methyl sites for hydroxylation is 1. The van der Waals surface area contributed by atoms with Gasteiger partial charge in [-0.25, -0.2) is 0 Å². The number of nitrogens with one attached hydrogen (secondary N) is 1. The minimum absolute atomic E-state index is 0.621. The van der Waals surface area contributed by atoms with Crippen LogP contribution in [0.1, 0.15) is 11.1 Å². The fraction of sp³-hybridized carbons (Fsp3) is 0.333. The molecular formula is C9H14N2. The summed E-state index contributed by atoms with van der Waals surface area (Å²) in [5.41, 5.74) is 9.12. The van der Waals surface area contributed by atoms with Gasteiger partial charge in [0.25, 0.3) is 0 Å². The zero-order valence-electron chi connectivity index (χ0n) is 7.02. The molecule has 2 heteroatoms. The van der Waals surface area contributed by atoms with E-state index in [1.54, 1.807) is 0 Å². The van der Waals surface area contributed by atoms with Crippen molar-refractivity contribution in [3.63, 3.8) is 0 Å². The predicted octanol–water partition coefficient (Wildman–Crippen LogP) is 1.50. The van der Waals surface area contributed by atoms with Crippen molar-refractivity contribution in [2.75, 3.05) is 12.4 Å². The minimum Gasteiger partial charge on any atom is -0.388 e. The van der Waals surface area contributed by atoms with Crippen molar-refractivity contribution in [3.8, 4) is 0 Å². The van der Waals surface area contributed by atoms with Crippen LogP contribution in [-0.4, -0.2) is 7.05 Å². The highest BCUT2D eigenvalue weighted by Gasteiger charge is 1.95. The molecule has 0 unspecified atom stereocenters. The lowest BCUT2D eigenvalue weighted by atomic mass is 10.1. The molecule has 0 aliphatic heterocycles. The Morgan fingerprint density at radius 3 is 2.64 bits per heavy atom. The van der Waals surface area contributed by atoms with Gasteiger partial charge in [-0.1, -0.05) is 6.07 Å². The van der Waals surface area contributed by atoms with Crippen LogP contribution in [0.5, 0.6) is 0 Å². The minimum atomic E-state index is 0.621. The highest BCUT2D eigenvalue weighted by Crippen LogP contribution is 2.13. The zero-order valence-corrected chi connectivity index (χ0v) is 7.02. The second kappa shape index (κ2) is 3.39. The molecule has 0 aliphatic rings. The average molecular weight is 150 g/mol. The molecule has 0 saturated heterocycles. The molecule has 0 aliphatic carbocycles. The van der Waals surface area contributed by atoms with Crippen molar-refractivity contribution in [2.24, 2.45) is 5.73 Å². The first kappa shape index (κ1) is 8.08. The van der Waals surface area contributed by atoms with Gasteiger partial charge < -0.3 is 11.1 Å². The summed E-state index contributed by atoms with van der Waals surface area (Å²) in [5.74, 6) is 0. The molecule has 0 saturated carbocycles. The summed E-state index contributed by atoms with van der Waals surface area (Å²) in [5, 5.41) is 3.08. The average Bonchev–Trinajstić information content (AvgIpc) is 2.04. The molecule has 11 heavy (non-hydrogen) atoms. The standard InChI is InChI=1S/C9H14N2/c1-7-5-9(11-2)4-3-8(7)6-10/h3-5,11H,6,10H2,1-2H3. The Labute approximate surface area is 67.4 Å². The van der Waals surface area contributed by atoms with Crippen molar-refractivity contribution in [3.05, 3.63) is 29.3 Å². The Morgan fingerprint density at radius 1 is 1.45 bits per heavy atom. The molecule has 1 rings (SSSR count). The number of anilines is 1. The van der Waals surface area contributed by atoms with Crippen LogP contribution in [0.3, 0.4) is 0 Å². The van der Waals surface area contributed by atoms with Crippen molar-refractivity contribution in [1.29, 1.82) is 0 Å². The Kier molecular flexibility index (Phi) is 2.49. The first-order chi connectivity index (χ1) is 5.27. The van der Waals surface area contributed by atoms with E-state index in [0.717, 1.165) is 5.69 Å². The SMILES string of the molecule is CNc1ccc(CN)c(C)c1. The maximum atomic E-state index is 5.52. The summed E-state index contributed by atoms with van der Waals surface area (Å²) < 4.78 is 0. The number of nitrogens with two attached hydrogens (primary N) is 1. The Morgan fingerprint density at radius 2 is 2.18 bits per heavy atom. The van der Waals surface area contributed by atoms with E-state index < -0.39 is 0 Å². The fourth-order valence-corrected chi connectivity index (χ4v) is 1.08. The van der Waals surface area contributed by atoms with Crippen molar-refractivity contribution < 1.29 is 0 Å². The van der Waals surface area contributed by atoms with Crippen molar-refractivity contribution >= 4 is 5.69 Å². The van der Waals surface area contributed by atoms with Crippen LogP contribution in [0.15, 0.2) is 18.2 Å². The first-order valence-electron chi connectivity index (χ1n) is 3.75. The van der Waals surface area contributed by atoms with Gasteiger partial charge in [0.2, 0.25) is 0 Å². The molecule has 1 aromatic rings. The molecule has 0 aromatic heterocycles. The van der Waals surface area contributed by atoms with Crippen molar-refractivity contribution in [2.45, 2.75) is 13.5 Å². The molecule has 1 aromatic carbocycles. The van der Waals surface area contributed by atoms with Gasteiger partial charge in [-0.3, -0.25) is 0 Å². The Balaban J connectivity index is 2.99. The quantitative estimate of drug-likeness (QED) is 0.670. The largest absolute Gasteiger partial charge is 0.388 e. The third-order valence-electron chi connectivity index (χ3n) is 1.85. The van der Waals surface area contributed by atoms with Crippen LogP contribution in [0.4, 0.5) is 5.69 Å². The van der Waals surface area contributed by atoms with E-state index in [2.05, 4.69) is 24.4 Å². The van der Waals surface area contributed by atoms with Gasteiger partial charge in [0.1, 0.15) is 0 Å². The highest BCUT2D eigenvalue weighted by atomic mass is 14.8. The van der Waals surface area contributed by atoms with Crippen LogP contribution in [0.25, 0.3) is 0 Å². The van der Waals surface area contributed by atoms with Gasteiger partial charge >= 0.3 is 0 Å². The molecule has 2 nitrogen and oxygen atoms in total.